The van der Waals surface area contributed by atoms with Crippen LogP contribution in [0.2, 0.25) is 0 Å². The Balaban J connectivity index is 1.49. The molecule has 5 aromatic rings. The number of nitrogens with two attached hydrogens (primary N) is 1. The molecule has 5 rings (SSSR count). The van der Waals surface area contributed by atoms with E-state index in [1.165, 1.54) is 0 Å². The summed E-state index contributed by atoms with van der Waals surface area (Å²) < 4.78 is 11.8. The Morgan fingerprint density at radius 3 is 2.73 bits per heavy atom. The molecule has 0 aliphatic heterocycles. The minimum atomic E-state index is 0.430. The average Bonchev–Trinajstić information content (AvgIpc) is 3.21. The lowest BCUT2D eigenvalue weighted by atomic mass is 10.1. The second-order valence-electron chi connectivity index (χ2n) is 6.86. The van der Waals surface area contributed by atoms with Gasteiger partial charge in [0.15, 0.2) is 5.58 Å². The number of rotatable bonds is 5. The number of nitrogens with one attached hydrogen (secondary N) is 1. The van der Waals surface area contributed by atoms with Crippen LogP contribution in [0.4, 0.5) is 11.6 Å². The topological polar surface area (TPSA) is 99.1 Å². The first-order valence-corrected chi connectivity index (χ1v) is 9.51. The summed E-state index contributed by atoms with van der Waals surface area (Å²) in [6.07, 6.45) is 1.70. The van der Waals surface area contributed by atoms with Crippen molar-refractivity contribution in [3.63, 3.8) is 0 Å². The molecule has 0 radical (unpaired) electrons. The Kier molecular flexibility index (Phi) is 4.40. The van der Waals surface area contributed by atoms with Crippen molar-refractivity contribution >= 4 is 33.5 Å². The molecule has 30 heavy (non-hydrogen) atoms. The fraction of sp³-hybridized carbons (Fsp3) is 0.0870. The van der Waals surface area contributed by atoms with E-state index >= 15 is 0 Å². The number of fused-ring (bicyclic) bond motifs is 2. The summed E-state index contributed by atoms with van der Waals surface area (Å²) in [5.41, 5.74) is 8.94. The van der Waals surface area contributed by atoms with Crippen molar-refractivity contribution in [2.24, 2.45) is 0 Å². The highest BCUT2D eigenvalue weighted by Crippen LogP contribution is 2.31. The van der Waals surface area contributed by atoms with Crippen molar-refractivity contribution in [2.45, 2.75) is 6.61 Å². The molecular formula is C23H19N5O2. The first-order valence-electron chi connectivity index (χ1n) is 9.51. The van der Waals surface area contributed by atoms with Crippen LogP contribution in [0, 0.1) is 0 Å². The van der Waals surface area contributed by atoms with Gasteiger partial charge in [-0.3, -0.25) is 0 Å². The molecule has 0 unspecified atom stereocenters. The number of nitrogen functional groups attached to an aromatic ring is 1. The molecular weight excluding hydrogens is 378 g/mol. The van der Waals surface area contributed by atoms with Gasteiger partial charge in [0.05, 0.1) is 0 Å². The molecule has 7 nitrogen and oxygen atoms in total. The summed E-state index contributed by atoms with van der Waals surface area (Å²) in [5, 5.41) is 4.88. The second-order valence-corrected chi connectivity index (χ2v) is 6.86. The number of oxazole rings is 1. The molecule has 0 amide bonds. The third kappa shape index (κ3) is 3.37. The summed E-state index contributed by atoms with van der Waals surface area (Å²) in [4.78, 5) is 13.4. The molecule has 0 aliphatic rings. The van der Waals surface area contributed by atoms with Crippen LogP contribution in [0.5, 0.6) is 5.75 Å². The standard InChI is InChI=1S/C23H19N5O2/c1-25-22-17-12-26-21(24)10-15(17)9-19(27-22)23-28-18-11-16(7-8-20(18)30-23)29-13-14-5-3-2-4-6-14/h2-12H,13H2,1H3,(H2,24,26)(H,25,27). The van der Waals surface area contributed by atoms with Gasteiger partial charge in [0, 0.05) is 24.7 Å². The maximum absolute atomic E-state index is 5.95. The largest absolute Gasteiger partial charge is 0.489 e. The van der Waals surface area contributed by atoms with Crippen molar-refractivity contribution in [3.05, 3.63) is 72.4 Å². The predicted octanol–water partition coefficient (Wildman–Crippen LogP) is 4.64. The van der Waals surface area contributed by atoms with Gasteiger partial charge in [-0.25, -0.2) is 15.0 Å². The van der Waals surface area contributed by atoms with E-state index in [4.69, 9.17) is 14.9 Å². The highest BCUT2D eigenvalue weighted by molar-refractivity contribution is 5.94. The summed E-state index contributed by atoms with van der Waals surface area (Å²) in [5.74, 6) is 2.29. The second kappa shape index (κ2) is 7.36. The van der Waals surface area contributed by atoms with E-state index in [0.29, 0.717) is 40.9 Å². The number of aromatic nitrogens is 3. The molecule has 2 aromatic carbocycles. The van der Waals surface area contributed by atoms with Crippen molar-refractivity contribution < 1.29 is 9.15 Å². The van der Waals surface area contributed by atoms with Crippen molar-refractivity contribution in [3.8, 4) is 17.3 Å². The highest BCUT2D eigenvalue weighted by Gasteiger charge is 2.14. The Morgan fingerprint density at radius 2 is 1.90 bits per heavy atom. The molecule has 0 fully saturated rings. The van der Waals surface area contributed by atoms with Gasteiger partial charge in [-0.05, 0) is 35.2 Å². The van der Waals surface area contributed by atoms with Gasteiger partial charge in [-0.15, -0.1) is 0 Å². The first kappa shape index (κ1) is 17.9. The van der Waals surface area contributed by atoms with Gasteiger partial charge in [-0.2, -0.15) is 0 Å². The maximum atomic E-state index is 5.95. The molecule has 7 heteroatoms. The SMILES string of the molecule is CNc1nc(-c2nc3cc(OCc4ccccc4)ccc3o2)cc2cc(N)ncc12. The van der Waals surface area contributed by atoms with Crippen LogP contribution in [0.15, 0.2) is 71.3 Å². The Labute approximate surface area is 172 Å². The van der Waals surface area contributed by atoms with E-state index in [0.717, 1.165) is 22.1 Å². The molecule has 3 heterocycles. The van der Waals surface area contributed by atoms with Gasteiger partial charge in [0.1, 0.15) is 35.2 Å². The molecule has 0 aliphatic carbocycles. The van der Waals surface area contributed by atoms with E-state index in [1.807, 2.05) is 61.6 Å². The van der Waals surface area contributed by atoms with Crippen LogP contribution in [-0.4, -0.2) is 22.0 Å². The maximum Gasteiger partial charge on any atom is 0.246 e. The predicted molar refractivity (Wildman–Crippen MR) is 117 cm³/mol. The van der Waals surface area contributed by atoms with Crippen LogP contribution in [0.25, 0.3) is 33.5 Å². The Morgan fingerprint density at radius 1 is 1.03 bits per heavy atom. The van der Waals surface area contributed by atoms with Crippen molar-refractivity contribution in [1.82, 2.24) is 15.0 Å². The molecule has 0 saturated carbocycles. The van der Waals surface area contributed by atoms with Crippen LogP contribution in [-0.2, 0) is 6.61 Å². The molecule has 0 bridgehead atoms. The minimum absolute atomic E-state index is 0.430. The number of hydrogen-bond acceptors (Lipinski definition) is 7. The van der Waals surface area contributed by atoms with Gasteiger partial charge >= 0.3 is 0 Å². The molecule has 0 saturated heterocycles. The summed E-state index contributed by atoms with van der Waals surface area (Å²) in [6.45, 7) is 0.490. The lowest BCUT2D eigenvalue weighted by Crippen LogP contribution is -1.98. The number of hydrogen-bond donors (Lipinski definition) is 2. The van der Waals surface area contributed by atoms with Crippen LogP contribution < -0.4 is 15.8 Å². The zero-order chi connectivity index (χ0) is 20.5. The zero-order valence-corrected chi connectivity index (χ0v) is 16.3. The van der Waals surface area contributed by atoms with E-state index in [2.05, 4.69) is 20.3 Å². The van der Waals surface area contributed by atoms with Gasteiger partial charge in [-0.1, -0.05) is 30.3 Å². The zero-order valence-electron chi connectivity index (χ0n) is 16.3. The van der Waals surface area contributed by atoms with Crippen LogP contribution in [0.3, 0.4) is 0 Å². The fourth-order valence-corrected chi connectivity index (χ4v) is 3.31. The first-order chi connectivity index (χ1) is 14.7. The Bertz CT molecular complexity index is 1350. The van der Waals surface area contributed by atoms with Gasteiger partial charge < -0.3 is 20.2 Å². The lowest BCUT2D eigenvalue weighted by Gasteiger charge is -2.07. The van der Waals surface area contributed by atoms with Gasteiger partial charge in [0.2, 0.25) is 5.89 Å². The minimum Gasteiger partial charge on any atom is -0.489 e. The summed E-state index contributed by atoms with van der Waals surface area (Å²) in [7, 11) is 1.81. The normalized spacial score (nSPS) is 11.1. The molecule has 0 atom stereocenters. The molecule has 148 valence electrons. The smallest absolute Gasteiger partial charge is 0.246 e. The third-order valence-corrected chi connectivity index (χ3v) is 4.80. The quantitative estimate of drug-likeness (QED) is 0.446. The lowest BCUT2D eigenvalue weighted by molar-refractivity contribution is 0.306. The van der Waals surface area contributed by atoms with E-state index < -0.39 is 0 Å². The number of benzene rings is 2. The van der Waals surface area contributed by atoms with Crippen LogP contribution >= 0.6 is 0 Å². The highest BCUT2D eigenvalue weighted by atomic mass is 16.5. The van der Waals surface area contributed by atoms with E-state index in [9.17, 15) is 0 Å². The number of nitrogens with zero attached hydrogens (tertiary/aromatic N) is 3. The van der Waals surface area contributed by atoms with E-state index in [-0.39, 0.29) is 0 Å². The van der Waals surface area contributed by atoms with E-state index in [1.54, 1.807) is 12.3 Å². The third-order valence-electron chi connectivity index (χ3n) is 4.80. The number of pyridine rings is 2. The fourth-order valence-electron chi connectivity index (χ4n) is 3.31. The van der Waals surface area contributed by atoms with Crippen LogP contribution in [0.1, 0.15) is 5.56 Å². The summed E-state index contributed by atoms with van der Waals surface area (Å²) >= 11 is 0. The molecule has 3 aromatic heterocycles. The summed E-state index contributed by atoms with van der Waals surface area (Å²) in [6, 6.07) is 19.3. The number of ether oxygens (including phenoxy) is 1. The van der Waals surface area contributed by atoms with Crippen molar-refractivity contribution in [1.29, 1.82) is 0 Å². The Hall–Kier alpha value is -4.13. The molecule has 0 spiro atoms. The van der Waals surface area contributed by atoms with Gasteiger partial charge in [0.25, 0.3) is 0 Å². The molecule has 3 N–H and O–H groups in total. The number of anilines is 2. The monoisotopic (exact) mass is 397 g/mol. The average molecular weight is 397 g/mol. The van der Waals surface area contributed by atoms with Crippen molar-refractivity contribution in [2.75, 3.05) is 18.1 Å².